The molecule has 0 amide bonds. The second kappa shape index (κ2) is 17.9. The number of anilines is 2. The Hall–Kier alpha value is -0.400. The van der Waals surface area contributed by atoms with E-state index in [-0.39, 0.29) is 48.7 Å². The second-order valence-electron chi connectivity index (χ2n) is 14.3. The number of nitrogen functional groups attached to an aromatic ring is 2. The molecule has 328 valence electrons. The molecule has 0 radical (unpaired) electrons. The van der Waals surface area contributed by atoms with Gasteiger partial charge in [-0.15, -0.1) is 10.2 Å². The van der Waals surface area contributed by atoms with Gasteiger partial charge in [0.1, 0.15) is 23.5 Å². The number of thioether (sulfide) groups is 2. The van der Waals surface area contributed by atoms with E-state index >= 15 is 0 Å². The van der Waals surface area contributed by atoms with Gasteiger partial charge in [-0.25, -0.2) is 28.6 Å². The molecule has 32 heteroatoms. The largest absolute Gasteiger partial charge is 0.390 e. The van der Waals surface area contributed by atoms with Crippen molar-refractivity contribution in [3.05, 3.63) is 11.4 Å². The third kappa shape index (κ3) is 9.68. The highest BCUT2D eigenvalue weighted by Crippen LogP contribution is 2.83. The van der Waals surface area contributed by atoms with Crippen molar-refractivity contribution in [1.82, 2.24) is 19.9 Å². The summed E-state index contributed by atoms with van der Waals surface area (Å²) in [4.78, 5) is 60.6. The van der Waals surface area contributed by atoms with E-state index in [1.807, 2.05) is 0 Å². The van der Waals surface area contributed by atoms with Gasteiger partial charge >= 0.3 is 19.0 Å². The monoisotopic (exact) mass is 1020 g/mol. The fourth-order valence-corrected chi connectivity index (χ4v) is 19.1. The molecule has 6 rings (SSSR count). The van der Waals surface area contributed by atoms with Gasteiger partial charge in [0, 0.05) is 24.2 Å². The number of aliphatic hydroxyl groups excluding tert-OH is 4. The summed E-state index contributed by atoms with van der Waals surface area (Å²) in [6.07, 6.45) is -3.09. The summed E-state index contributed by atoms with van der Waals surface area (Å²) in [5.74, 6) is -2.71. The van der Waals surface area contributed by atoms with Crippen LogP contribution in [-0.4, -0.2) is 113 Å². The maximum absolute atomic E-state index is 13.4. The summed E-state index contributed by atoms with van der Waals surface area (Å²) in [5, 5.41) is 60.9. The van der Waals surface area contributed by atoms with Crippen LogP contribution in [0.5, 0.6) is 0 Å². The maximum Gasteiger partial charge on any atom is 0.382 e. The molecule has 2 aromatic heterocycles. The normalized spacial score (nSPS) is 32.9. The van der Waals surface area contributed by atoms with Gasteiger partial charge in [-0.05, 0) is 73.6 Å². The number of nitrogens with two attached hydrogens (primary N) is 2. The minimum Gasteiger partial charge on any atom is -0.390 e. The molecule has 0 spiro atoms. The van der Waals surface area contributed by atoms with Crippen molar-refractivity contribution < 1.29 is 57.8 Å². The zero-order valence-electron chi connectivity index (χ0n) is 30.6. The van der Waals surface area contributed by atoms with Gasteiger partial charge in [0.05, 0.1) is 24.4 Å². The number of nitrogens with zero attached hydrogens (tertiary/aromatic N) is 8. The zero-order valence-corrected chi connectivity index (χ0v) is 39.0. The number of halogens is 2. The molecule has 0 saturated heterocycles. The Morgan fingerprint density at radius 2 is 1.05 bits per heavy atom. The number of hydrogen-bond acceptors (Lipinski definition) is 22. The maximum atomic E-state index is 13.4. The fraction of sp³-hybridized carbons (Fsp3) is 0.704. The number of rotatable bonds is 16. The molecular weight excluding hydrogens is 979 g/mol. The molecule has 12 N–H and O–H groups in total. The topological polar surface area (TPSA) is 367 Å². The van der Waals surface area contributed by atoms with Crippen LogP contribution >= 0.6 is 74.9 Å². The Balaban J connectivity index is 1.05. The van der Waals surface area contributed by atoms with Crippen molar-refractivity contribution in [2.75, 3.05) is 36.3 Å². The highest BCUT2D eigenvalue weighted by atomic mass is 35.5. The summed E-state index contributed by atoms with van der Waals surface area (Å²) >= 11 is 24.6. The first-order valence-corrected chi connectivity index (χ1v) is 29.5. The lowest BCUT2D eigenvalue weighted by Gasteiger charge is -2.32. The number of fused-ring (bicyclic) bond motifs is 2. The molecule has 59 heavy (non-hydrogen) atoms. The van der Waals surface area contributed by atoms with Crippen LogP contribution in [0.2, 0.25) is 0 Å². The highest BCUT2D eigenvalue weighted by Gasteiger charge is 2.64. The van der Waals surface area contributed by atoms with E-state index in [4.69, 9.17) is 66.9 Å². The Morgan fingerprint density at radius 1 is 0.695 bits per heavy atom. The average Bonchev–Trinajstić information content (AvgIpc) is 3.90. The zero-order chi connectivity index (χ0) is 43.6. The molecule has 6 unspecified atom stereocenters. The minimum atomic E-state index is -5.84. The molecular formula is C27H40Cl2N10O12P4S4. The molecule has 2 fully saturated rings. The molecule has 14 atom stereocenters. The second-order valence-corrected chi connectivity index (χ2v) is 30.2. The summed E-state index contributed by atoms with van der Waals surface area (Å²) in [7, 11) is -11.7. The van der Waals surface area contributed by atoms with E-state index in [9.17, 15) is 49.1 Å². The van der Waals surface area contributed by atoms with Crippen molar-refractivity contribution in [2.24, 2.45) is 44.1 Å². The molecule has 22 nitrogen and oxygen atoms in total. The van der Waals surface area contributed by atoms with Crippen molar-refractivity contribution in [3.63, 3.8) is 0 Å². The first-order valence-electron chi connectivity index (χ1n) is 17.4. The Morgan fingerprint density at radius 3 is 1.39 bits per heavy atom. The Bertz CT molecular complexity index is 2090. The molecule has 2 saturated carbocycles. The van der Waals surface area contributed by atoms with E-state index < -0.39 is 104 Å². The van der Waals surface area contributed by atoms with Crippen LogP contribution in [0.15, 0.2) is 30.8 Å². The van der Waals surface area contributed by atoms with Gasteiger partial charge in [-0.3, -0.25) is 9.13 Å². The van der Waals surface area contributed by atoms with E-state index in [0.717, 1.165) is 0 Å². The standard InChI is InChI=1S/C27H40Cl2N10O12P4S4/c1-58-25-32-15-13(36-38-17(15)23(30)34-25)11-7-9(19(40)21(11)42)3-5-52(44,56)50-54(46,47)27(28,29)55(48,49)51-53(45,57)6-4-10-8-12(22(43)20(10)41)14-16-18(39-37-14)24(31)35-26(33-16)59-2/h9-14,19-22,40-43H,3-8H2,1-2H3,(H,44,56)(H,45,57)(H,46,47)(H,48,49)(H2,30,32,34)(H2,31,33,35)/t9-,10-,11-,12-,13?,14?,19+,20+,21-,22-,52?,53?/m0/s1. The molecule has 2 aliphatic carbocycles. The van der Waals surface area contributed by atoms with Crippen LogP contribution in [0.25, 0.3) is 0 Å². The van der Waals surface area contributed by atoms with Crippen LogP contribution < -0.4 is 11.5 Å². The molecule has 0 bridgehead atoms. The number of aliphatic hydroxyl groups is 4. The number of azo groups is 2. The molecule has 0 aromatic carbocycles. The van der Waals surface area contributed by atoms with Gasteiger partial charge in [0.25, 0.3) is 0 Å². The number of aromatic nitrogens is 4. The van der Waals surface area contributed by atoms with Gasteiger partial charge in [-0.1, -0.05) is 46.7 Å². The van der Waals surface area contributed by atoms with Crippen molar-refractivity contribution in [2.45, 2.75) is 76.3 Å². The summed E-state index contributed by atoms with van der Waals surface area (Å²) in [6.45, 7) is -8.80. The van der Waals surface area contributed by atoms with Crippen LogP contribution in [0, 0.1) is 23.7 Å². The van der Waals surface area contributed by atoms with Crippen LogP contribution in [0.1, 0.15) is 49.2 Å². The first kappa shape index (κ1) is 48.1. The quantitative estimate of drug-likeness (QED) is 0.0480. The Kier molecular flexibility index (Phi) is 14.6. The third-order valence-electron chi connectivity index (χ3n) is 10.6. The van der Waals surface area contributed by atoms with Crippen LogP contribution in [0.3, 0.4) is 0 Å². The molecule has 2 aromatic rings. The average molecular weight is 1020 g/mol. The van der Waals surface area contributed by atoms with Crippen molar-refractivity contribution in [1.29, 1.82) is 0 Å². The van der Waals surface area contributed by atoms with Gasteiger partial charge < -0.3 is 51.5 Å². The SMILES string of the molecule is CSc1nc(N)c2c(n1)C([C@@H]1C[C@H](CCP(O)(=S)OP(=O)(O)C(Cl)(Cl)P(=O)(O)OP(O)(=S)CC[C@H]3C[C@@H](C4N=Nc5c(N)nc(SC)nc54)[C@H](O)[C@@H]3O)[C@@H](O)[C@H]1O)N=N2. The van der Waals surface area contributed by atoms with Crippen LogP contribution in [-0.2, 0) is 41.4 Å². The lowest BCUT2D eigenvalue weighted by molar-refractivity contribution is -0.000848. The highest BCUT2D eigenvalue weighted by molar-refractivity contribution is 8.12. The summed E-state index contributed by atoms with van der Waals surface area (Å²) in [5.41, 5.74) is 13.2. The van der Waals surface area contributed by atoms with Gasteiger partial charge in [0.2, 0.25) is 0 Å². The van der Waals surface area contributed by atoms with E-state index in [0.29, 0.717) is 21.7 Å². The smallest absolute Gasteiger partial charge is 0.382 e. The third-order valence-corrected chi connectivity index (χ3v) is 24.8. The molecule has 4 heterocycles. The predicted octanol–water partition coefficient (Wildman–Crippen LogP) is 4.44. The summed E-state index contributed by atoms with van der Waals surface area (Å²) < 4.78 is 32.9. The molecule has 4 aliphatic rings. The van der Waals surface area contributed by atoms with Crippen molar-refractivity contribution in [3.8, 4) is 0 Å². The minimum absolute atomic E-state index is 0.0972. The van der Waals surface area contributed by atoms with Gasteiger partial charge in [-0.2, -0.15) is 10.2 Å². The van der Waals surface area contributed by atoms with Crippen molar-refractivity contribution >= 4 is 122 Å². The fourth-order valence-electron chi connectivity index (χ4n) is 7.54. The lowest BCUT2D eigenvalue weighted by atomic mass is 9.92. The summed E-state index contributed by atoms with van der Waals surface area (Å²) in [6, 6.07) is -1.56. The van der Waals surface area contributed by atoms with E-state index in [1.165, 1.54) is 23.5 Å². The lowest BCUT2D eigenvalue weighted by Crippen LogP contribution is -2.30. The van der Waals surface area contributed by atoms with E-state index in [2.05, 4.69) is 40.4 Å². The van der Waals surface area contributed by atoms with E-state index in [1.54, 1.807) is 12.5 Å². The Labute approximate surface area is 365 Å². The number of alkyl halides is 2. The first-order chi connectivity index (χ1) is 27.3. The predicted molar refractivity (Wildman–Crippen MR) is 226 cm³/mol. The van der Waals surface area contributed by atoms with Gasteiger partial charge in [0.15, 0.2) is 46.3 Å². The number of hydrogen-bond donors (Lipinski definition) is 10. The molecule has 2 aliphatic heterocycles. The van der Waals surface area contributed by atoms with Crippen LogP contribution in [0.4, 0.5) is 23.0 Å².